The fourth-order valence-electron chi connectivity index (χ4n) is 3.41. The first-order valence-corrected chi connectivity index (χ1v) is 12.8. The predicted molar refractivity (Wildman–Crippen MR) is 149 cm³/mol. The van der Waals surface area contributed by atoms with Gasteiger partial charge in [0.15, 0.2) is 11.5 Å². The fraction of sp³-hybridized carbons (Fsp3) is 0.174. The summed E-state index contributed by atoms with van der Waals surface area (Å²) in [6, 6.07) is 14.9. The number of ether oxygens (including phenoxy) is 4. The minimum Gasteiger partial charge on any atom is -1.00 e. The zero-order chi connectivity index (χ0) is 24.4. The molecule has 1 aromatic heterocycles. The number of hydrogen-bond donors (Lipinski definition) is 1. The Bertz CT molecular complexity index is 1270. The second-order valence-corrected chi connectivity index (χ2v) is 10.1. The first-order valence-electron chi connectivity index (χ1n) is 9.92. The van der Waals surface area contributed by atoms with Crippen molar-refractivity contribution in [3.8, 4) is 23.0 Å². The van der Waals surface area contributed by atoms with E-state index in [4.69, 9.17) is 47.9 Å². The number of hydrogen-bond acceptors (Lipinski definition) is 5. The van der Waals surface area contributed by atoms with E-state index < -0.39 is 0 Å². The van der Waals surface area contributed by atoms with Crippen molar-refractivity contribution < 1.29 is 35.9 Å². The van der Waals surface area contributed by atoms with Crippen LogP contribution in [-0.4, -0.2) is 18.8 Å². The Morgan fingerprint density at radius 3 is 1.97 bits per heavy atom. The molecule has 0 atom stereocenters. The van der Waals surface area contributed by atoms with Crippen LogP contribution in [0.5, 0.6) is 23.0 Å². The molecule has 0 radical (unpaired) electrons. The van der Waals surface area contributed by atoms with Crippen LogP contribution in [0.4, 0.5) is 5.95 Å². The maximum absolute atomic E-state index is 6.58. The van der Waals surface area contributed by atoms with Crippen molar-refractivity contribution in [2.75, 3.05) is 20.0 Å². The molecule has 0 aliphatic carbocycles. The highest BCUT2D eigenvalue weighted by Gasteiger charge is 2.25. The minimum absolute atomic E-state index is 0. The number of methoxy groups -OCH3 is 2. The summed E-state index contributed by atoms with van der Waals surface area (Å²) >= 11 is 17.1. The van der Waals surface area contributed by atoms with Crippen molar-refractivity contribution in [2.45, 2.75) is 13.5 Å². The van der Waals surface area contributed by atoms with Crippen molar-refractivity contribution in [3.63, 3.8) is 0 Å². The van der Waals surface area contributed by atoms with Gasteiger partial charge in [-0.15, -0.1) is 0 Å². The maximum atomic E-state index is 6.58. The van der Waals surface area contributed by atoms with E-state index in [1.54, 1.807) is 14.2 Å². The number of benzene rings is 3. The number of nitrogen functional groups attached to an aromatic ring is 1. The van der Waals surface area contributed by atoms with Crippen LogP contribution in [0.15, 0.2) is 48.5 Å². The van der Waals surface area contributed by atoms with E-state index >= 15 is 0 Å². The molecule has 1 heterocycles. The number of halogens is 5. The van der Waals surface area contributed by atoms with Gasteiger partial charge in [-0.1, -0.05) is 35.3 Å². The molecular formula is C23H20Cl3I2N3O4. The highest BCUT2D eigenvalue weighted by atomic mass is 127. The van der Waals surface area contributed by atoms with Gasteiger partial charge in [-0.05, 0) is 69.4 Å². The molecule has 0 fully saturated rings. The molecule has 12 heteroatoms. The molecule has 0 amide bonds. The van der Waals surface area contributed by atoms with Crippen LogP contribution in [0.3, 0.4) is 0 Å². The standard InChI is InChI=1S/C23H19Cl2I2N3O4.ClH/c1-31-19-9-15-16(10-20(19)32-2)30(12-34-18-8-4-6-14(27)22(18)25)23(28)29(15)11-33-17-7-3-5-13(26)21(17)24;/h3-10,28H,11-12H2,1-2H3;1H. The number of nitrogens with two attached hydrogens (primary N) is 1. The Labute approximate surface area is 246 Å². The van der Waals surface area contributed by atoms with Crippen LogP contribution in [0, 0.1) is 7.14 Å². The molecule has 35 heavy (non-hydrogen) atoms. The molecule has 0 aliphatic rings. The topological polar surface area (TPSA) is 71.8 Å². The summed E-state index contributed by atoms with van der Waals surface area (Å²) in [6.07, 6.45) is 0. The van der Waals surface area contributed by atoms with E-state index in [0.717, 1.165) is 18.2 Å². The van der Waals surface area contributed by atoms with Crippen molar-refractivity contribution in [1.82, 2.24) is 4.57 Å². The Morgan fingerprint density at radius 2 is 1.40 bits per heavy atom. The third kappa shape index (κ3) is 5.74. The molecule has 2 N–H and O–H groups in total. The molecule has 4 rings (SSSR count). The number of rotatable bonds is 8. The first-order chi connectivity index (χ1) is 16.3. The lowest BCUT2D eigenvalue weighted by molar-refractivity contribution is -0.687. The van der Waals surface area contributed by atoms with Crippen molar-refractivity contribution in [3.05, 3.63) is 65.7 Å². The molecule has 186 valence electrons. The van der Waals surface area contributed by atoms with Crippen LogP contribution in [0.25, 0.3) is 11.0 Å². The lowest BCUT2D eigenvalue weighted by atomic mass is 10.2. The molecule has 0 bridgehead atoms. The Balaban J connectivity index is 0.00000342. The van der Waals surface area contributed by atoms with Gasteiger partial charge in [-0.3, -0.25) is 5.73 Å². The van der Waals surface area contributed by atoms with Gasteiger partial charge in [0, 0.05) is 19.3 Å². The summed E-state index contributed by atoms with van der Waals surface area (Å²) in [5.41, 5.74) is 8.12. The molecule has 0 saturated heterocycles. The van der Waals surface area contributed by atoms with Gasteiger partial charge in [0.05, 0.1) is 24.3 Å². The van der Waals surface area contributed by atoms with Gasteiger partial charge < -0.3 is 31.4 Å². The fourth-order valence-corrected chi connectivity index (χ4v) is 4.72. The number of nitrogens with zero attached hydrogens (tertiary/aromatic N) is 2. The lowest BCUT2D eigenvalue weighted by Crippen LogP contribution is -3.00. The highest BCUT2D eigenvalue weighted by Crippen LogP contribution is 2.34. The van der Waals surface area contributed by atoms with E-state index in [9.17, 15) is 0 Å². The van der Waals surface area contributed by atoms with E-state index in [1.807, 2.05) is 57.7 Å². The normalized spacial score (nSPS) is 10.7. The van der Waals surface area contributed by atoms with Gasteiger partial charge in [-0.2, -0.15) is 9.13 Å². The number of imidazole rings is 1. The summed E-state index contributed by atoms with van der Waals surface area (Å²) in [7, 11) is 3.16. The molecule has 7 nitrogen and oxygen atoms in total. The van der Waals surface area contributed by atoms with Crippen LogP contribution in [-0.2, 0) is 13.5 Å². The van der Waals surface area contributed by atoms with E-state index in [0.29, 0.717) is 39.0 Å². The smallest absolute Gasteiger partial charge is 0.361 e. The summed E-state index contributed by atoms with van der Waals surface area (Å²) in [5.74, 6) is 2.66. The average Bonchev–Trinajstić information content (AvgIpc) is 3.09. The largest absolute Gasteiger partial charge is 1.00 e. The summed E-state index contributed by atoms with van der Waals surface area (Å²) < 4.78 is 28.5. The Morgan fingerprint density at radius 1 is 0.857 bits per heavy atom. The summed E-state index contributed by atoms with van der Waals surface area (Å²) in [5, 5.41) is 1.09. The van der Waals surface area contributed by atoms with Gasteiger partial charge in [0.25, 0.3) is 0 Å². The SMILES string of the molecule is COc1cc2c(cc1OC)[n+](COc1cccc(I)c1Cl)c(N)n2COc1cccc(I)c1Cl.[Cl-]. The second kappa shape index (κ2) is 12.1. The number of fused-ring (bicyclic) bond motifs is 1. The zero-order valence-corrected chi connectivity index (χ0v) is 25.1. The summed E-state index contributed by atoms with van der Waals surface area (Å²) in [6.45, 7) is 0.239. The quantitative estimate of drug-likeness (QED) is 0.221. The third-order valence-corrected chi connectivity index (χ3v) is 8.36. The average molecular weight is 763 g/mol. The van der Waals surface area contributed by atoms with Crippen LogP contribution in [0.2, 0.25) is 10.0 Å². The predicted octanol–water partition coefficient (Wildman–Crippen LogP) is 3.12. The zero-order valence-electron chi connectivity index (χ0n) is 18.5. The lowest BCUT2D eigenvalue weighted by Gasteiger charge is -2.09. The first kappa shape index (κ1) is 28.0. The molecule has 4 aromatic rings. The van der Waals surface area contributed by atoms with Gasteiger partial charge >= 0.3 is 5.95 Å². The molecule has 0 saturated carbocycles. The van der Waals surface area contributed by atoms with Crippen molar-refractivity contribution >= 4 is 85.4 Å². The molecule has 0 aliphatic heterocycles. The van der Waals surface area contributed by atoms with Gasteiger partial charge in [-0.25, -0.2) is 0 Å². The third-order valence-electron chi connectivity index (χ3n) is 5.15. The highest BCUT2D eigenvalue weighted by molar-refractivity contribution is 14.1. The van der Waals surface area contributed by atoms with E-state index in [1.165, 1.54) is 0 Å². The second-order valence-electron chi connectivity index (χ2n) is 7.06. The van der Waals surface area contributed by atoms with E-state index in [2.05, 4.69) is 45.2 Å². The maximum Gasteiger partial charge on any atom is 0.361 e. The van der Waals surface area contributed by atoms with E-state index in [-0.39, 0.29) is 25.9 Å². The number of anilines is 1. The Kier molecular flexibility index (Phi) is 9.72. The molecule has 0 spiro atoms. The Hall–Kier alpha value is -1.54. The van der Waals surface area contributed by atoms with Gasteiger partial charge in [0.1, 0.15) is 22.5 Å². The van der Waals surface area contributed by atoms with Crippen LogP contribution < -0.4 is 41.7 Å². The monoisotopic (exact) mass is 761 g/mol. The molecule has 0 unspecified atom stereocenters. The molecular weight excluding hydrogens is 742 g/mol. The van der Waals surface area contributed by atoms with Crippen LogP contribution in [0.1, 0.15) is 0 Å². The van der Waals surface area contributed by atoms with Crippen molar-refractivity contribution in [2.24, 2.45) is 0 Å². The number of aromatic nitrogens is 2. The van der Waals surface area contributed by atoms with Crippen LogP contribution >= 0.6 is 68.4 Å². The van der Waals surface area contributed by atoms with Crippen molar-refractivity contribution in [1.29, 1.82) is 0 Å². The molecule has 3 aromatic carbocycles. The summed E-state index contributed by atoms with van der Waals surface area (Å²) in [4.78, 5) is 0. The van der Waals surface area contributed by atoms with Gasteiger partial charge in [0.2, 0.25) is 13.5 Å². The minimum atomic E-state index is 0.